The van der Waals surface area contributed by atoms with Crippen molar-refractivity contribution in [3.05, 3.63) is 11.9 Å². The Hall–Kier alpha value is -0.660. The van der Waals surface area contributed by atoms with E-state index in [1.54, 1.807) is 0 Å². The highest BCUT2D eigenvalue weighted by atomic mass is 14.9. The van der Waals surface area contributed by atoms with Gasteiger partial charge in [0.05, 0.1) is 0 Å². The molecular weight excluding hydrogens is 100 g/mol. The van der Waals surface area contributed by atoms with Crippen molar-refractivity contribution in [2.45, 2.75) is 13.8 Å². The van der Waals surface area contributed by atoms with Gasteiger partial charge in [-0.3, -0.25) is 0 Å². The molecule has 0 saturated heterocycles. The van der Waals surface area contributed by atoms with Crippen LogP contribution in [0.25, 0.3) is 0 Å². The average Bonchev–Trinajstić information content (AvgIpc) is 1.68. The van der Waals surface area contributed by atoms with E-state index in [0.717, 1.165) is 6.54 Å². The van der Waals surface area contributed by atoms with Crippen LogP contribution in [0.5, 0.6) is 0 Å². The van der Waals surface area contributed by atoms with Gasteiger partial charge in [-0.2, -0.15) is 0 Å². The summed E-state index contributed by atoms with van der Waals surface area (Å²) in [6.45, 7) is 5.09. The number of hydrogen-bond acceptors (Lipinski definition) is 2. The van der Waals surface area contributed by atoms with Crippen LogP contribution in [0.3, 0.4) is 0 Å². The summed E-state index contributed by atoms with van der Waals surface area (Å²) >= 11 is 0. The normalized spacial score (nSPS) is 11.1. The summed E-state index contributed by atoms with van der Waals surface area (Å²) in [5.74, 6) is 0. The minimum absolute atomic E-state index is 0.990. The Morgan fingerprint density at radius 3 is 2.62 bits per heavy atom. The summed E-state index contributed by atoms with van der Waals surface area (Å²) < 4.78 is 0. The highest BCUT2D eigenvalue weighted by molar-refractivity contribution is 4.91. The summed E-state index contributed by atoms with van der Waals surface area (Å²) in [5, 5.41) is 6.07. The summed E-state index contributed by atoms with van der Waals surface area (Å²) in [5.41, 5.74) is 1.18. The van der Waals surface area contributed by atoms with Crippen molar-refractivity contribution < 1.29 is 0 Å². The van der Waals surface area contributed by atoms with Gasteiger partial charge in [0.1, 0.15) is 0 Å². The van der Waals surface area contributed by atoms with Crippen LogP contribution in [0, 0.1) is 0 Å². The molecule has 0 aromatic rings. The lowest BCUT2D eigenvalue weighted by Crippen LogP contribution is -2.11. The van der Waals surface area contributed by atoms with Gasteiger partial charge in [-0.15, -0.1) is 0 Å². The van der Waals surface area contributed by atoms with Gasteiger partial charge in [0, 0.05) is 25.5 Å². The van der Waals surface area contributed by atoms with Crippen molar-refractivity contribution in [3.63, 3.8) is 0 Å². The summed E-state index contributed by atoms with van der Waals surface area (Å²) in [6, 6.07) is 0. The SMILES string of the molecule is CCN/C(C)=C\NC. The lowest BCUT2D eigenvalue weighted by Gasteiger charge is -2.00. The zero-order chi connectivity index (χ0) is 6.41. The monoisotopic (exact) mass is 114 g/mol. The Morgan fingerprint density at radius 1 is 1.62 bits per heavy atom. The highest BCUT2D eigenvalue weighted by Gasteiger charge is 1.78. The zero-order valence-corrected chi connectivity index (χ0v) is 5.78. The first-order chi connectivity index (χ1) is 3.81. The summed E-state index contributed by atoms with van der Waals surface area (Å²) in [6.07, 6.45) is 1.93. The molecule has 0 unspecified atom stereocenters. The molecule has 0 spiro atoms. The lowest BCUT2D eigenvalue weighted by molar-refractivity contribution is 0.837. The van der Waals surface area contributed by atoms with Crippen LogP contribution >= 0.6 is 0 Å². The minimum atomic E-state index is 0.990. The molecule has 0 aliphatic carbocycles. The third-order valence-corrected chi connectivity index (χ3v) is 0.816. The van der Waals surface area contributed by atoms with E-state index >= 15 is 0 Å². The fourth-order valence-corrected chi connectivity index (χ4v) is 0.546. The largest absolute Gasteiger partial charge is 0.393 e. The fraction of sp³-hybridized carbons (Fsp3) is 0.667. The minimum Gasteiger partial charge on any atom is -0.393 e. The second-order valence-corrected chi connectivity index (χ2v) is 1.65. The van der Waals surface area contributed by atoms with Crippen molar-refractivity contribution in [1.82, 2.24) is 10.6 Å². The Kier molecular flexibility index (Phi) is 4.13. The lowest BCUT2D eigenvalue weighted by atomic mass is 10.5. The van der Waals surface area contributed by atoms with Crippen molar-refractivity contribution >= 4 is 0 Å². The molecule has 0 heterocycles. The second-order valence-electron chi connectivity index (χ2n) is 1.65. The molecule has 0 aliphatic heterocycles. The topological polar surface area (TPSA) is 24.1 Å². The van der Waals surface area contributed by atoms with Crippen LogP contribution in [0.2, 0.25) is 0 Å². The molecule has 0 atom stereocenters. The quantitative estimate of drug-likeness (QED) is 0.563. The Bertz CT molecular complexity index is 76.6. The first-order valence-electron chi connectivity index (χ1n) is 2.89. The van der Waals surface area contributed by atoms with E-state index in [2.05, 4.69) is 17.6 Å². The maximum Gasteiger partial charge on any atom is 0.0234 e. The van der Waals surface area contributed by atoms with Crippen molar-refractivity contribution in [2.75, 3.05) is 13.6 Å². The van der Waals surface area contributed by atoms with Crippen LogP contribution in [-0.4, -0.2) is 13.6 Å². The number of hydrogen-bond donors (Lipinski definition) is 2. The first kappa shape index (κ1) is 7.34. The van der Waals surface area contributed by atoms with Gasteiger partial charge in [-0.05, 0) is 13.8 Å². The van der Waals surface area contributed by atoms with E-state index in [-0.39, 0.29) is 0 Å². The molecule has 2 N–H and O–H groups in total. The predicted molar refractivity (Wildman–Crippen MR) is 36.5 cm³/mol. The van der Waals surface area contributed by atoms with E-state index in [0.29, 0.717) is 0 Å². The number of allylic oxidation sites excluding steroid dienone is 1. The van der Waals surface area contributed by atoms with Gasteiger partial charge in [0.2, 0.25) is 0 Å². The molecule has 0 aromatic heterocycles. The van der Waals surface area contributed by atoms with E-state index < -0.39 is 0 Å². The average molecular weight is 114 g/mol. The Balaban J connectivity index is 3.29. The number of rotatable bonds is 3. The summed E-state index contributed by atoms with van der Waals surface area (Å²) in [7, 11) is 1.89. The van der Waals surface area contributed by atoms with Gasteiger partial charge >= 0.3 is 0 Å². The molecule has 0 fully saturated rings. The van der Waals surface area contributed by atoms with E-state index in [1.165, 1.54) is 5.70 Å². The molecule has 0 aromatic carbocycles. The zero-order valence-electron chi connectivity index (χ0n) is 5.78. The predicted octanol–water partition coefficient (Wildman–Crippen LogP) is 0.677. The summed E-state index contributed by atoms with van der Waals surface area (Å²) in [4.78, 5) is 0. The van der Waals surface area contributed by atoms with Crippen molar-refractivity contribution in [3.8, 4) is 0 Å². The van der Waals surface area contributed by atoms with Gasteiger partial charge in [-0.1, -0.05) is 0 Å². The molecular formula is C6H14N2. The smallest absolute Gasteiger partial charge is 0.0234 e. The molecule has 2 heteroatoms. The molecule has 0 amide bonds. The molecule has 0 aliphatic rings. The van der Waals surface area contributed by atoms with Crippen molar-refractivity contribution in [1.29, 1.82) is 0 Å². The highest BCUT2D eigenvalue weighted by Crippen LogP contribution is 1.78. The Morgan fingerprint density at radius 2 is 2.25 bits per heavy atom. The first-order valence-corrected chi connectivity index (χ1v) is 2.89. The Labute approximate surface area is 51.0 Å². The maximum atomic E-state index is 3.14. The van der Waals surface area contributed by atoms with Crippen LogP contribution in [0.4, 0.5) is 0 Å². The van der Waals surface area contributed by atoms with Gasteiger partial charge in [0.15, 0.2) is 0 Å². The standard InChI is InChI=1S/C6H14N2/c1-4-8-6(2)5-7-3/h5,7-8H,4H2,1-3H3/b6-5-. The van der Waals surface area contributed by atoms with E-state index in [9.17, 15) is 0 Å². The maximum absolute atomic E-state index is 3.14. The molecule has 0 bridgehead atoms. The fourth-order valence-electron chi connectivity index (χ4n) is 0.546. The van der Waals surface area contributed by atoms with Crippen molar-refractivity contribution in [2.24, 2.45) is 0 Å². The molecule has 0 radical (unpaired) electrons. The van der Waals surface area contributed by atoms with E-state index in [4.69, 9.17) is 0 Å². The molecule has 0 rings (SSSR count). The van der Waals surface area contributed by atoms with Gasteiger partial charge < -0.3 is 10.6 Å². The van der Waals surface area contributed by atoms with Crippen LogP contribution in [0.15, 0.2) is 11.9 Å². The van der Waals surface area contributed by atoms with E-state index in [1.807, 2.05) is 20.2 Å². The van der Waals surface area contributed by atoms with Crippen LogP contribution in [0.1, 0.15) is 13.8 Å². The molecule has 8 heavy (non-hydrogen) atoms. The van der Waals surface area contributed by atoms with Gasteiger partial charge in [-0.25, -0.2) is 0 Å². The van der Waals surface area contributed by atoms with Crippen LogP contribution < -0.4 is 10.6 Å². The third-order valence-electron chi connectivity index (χ3n) is 0.816. The third kappa shape index (κ3) is 3.53. The molecule has 2 nitrogen and oxygen atoms in total. The molecule has 48 valence electrons. The second kappa shape index (κ2) is 4.50. The number of nitrogens with one attached hydrogen (secondary N) is 2. The van der Waals surface area contributed by atoms with Gasteiger partial charge in [0.25, 0.3) is 0 Å². The van der Waals surface area contributed by atoms with Crippen LogP contribution in [-0.2, 0) is 0 Å². The molecule has 0 saturated carbocycles.